The molecule has 0 aliphatic rings. The van der Waals surface area contributed by atoms with Crippen LogP contribution in [0.1, 0.15) is 28.4 Å². The van der Waals surface area contributed by atoms with Gasteiger partial charge in [-0.2, -0.15) is 5.10 Å². The first kappa shape index (κ1) is 26.8. The van der Waals surface area contributed by atoms with Crippen molar-refractivity contribution in [3.05, 3.63) is 97.9 Å². The average molecular weight is 602 g/mol. The van der Waals surface area contributed by atoms with Gasteiger partial charge in [-0.3, -0.25) is 4.79 Å². The molecule has 0 radical (unpaired) electrons. The number of hydrazone groups is 1. The van der Waals surface area contributed by atoms with E-state index < -0.39 is 0 Å². The largest absolute Gasteiger partial charge is 0.496 e. The molecule has 0 atom stereocenters. The molecule has 4 aromatic rings. The third-order valence-electron chi connectivity index (χ3n) is 5.41. The Kier molecular flexibility index (Phi) is 8.92. The van der Waals surface area contributed by atoms with Crippen molar-refractivity contribution in [3.63, 3.8) is 0 Å². The predicted octanol–water partition coefficient (Wildman–Crippen LogP) is 7.66. The Morgan fingerprint density at radius 3 is 2.46 bits per heavy atom. The Labute approximate surface area is 233 Å². The summed E-state index contributed by atoms with van der Waals surface area (Å²) in [5.74, 6) is 1.12. The third kappa shape index (κ3) is 6.55. The molecule has 9 heteroatoms. The van der Waals surface area contributed by atoms with Crippen LogP contribution in [-0.2, 0) is 6.61 Å². The number of fused-ring (bicyclic) bond motifs is 1. The smallest absolute Gasteiger partial charge is 0.275 e. The van der Waals surface area contributed by atoms with Crippen LogP contribution in [0.15, 0.2) is 76.3 Å². The highest BCUT2D eigenvalue weighted by atomic mass is 79.9. The van der Waals surface area contributed by atoms with Gasteiger partial charge in [-0.15, -0.1) is 0 Å². The Balaban J connectivity index is 1.51. The van der Waals surface area contributed by atoms with Gasteiger partial charge in [0.05, 0.1) is 30.0 Å². The molecule has 37 heavy (non-hydrogen) atoms. The van der Waals surface area contributed by atoms with Gasteiger partial charge in [-0.05, 0) is 75.6 Å². The second-order valence-corrected chi connectivity index (χ2v) is 9.58. The number of benzene rings is 4. The van der Waals surface area contributed by atoms with Crippen molar-refractivity contribution in [2.45, 2.75) is 13.5 Å². The third-order valence-corrected chi connectivity index (χ3v) is 6.59. The SMILES string of the molecule is CCOc1cc(/C=N\NC(=O)c2cc3ccccc3cc2OC)cc(Br)c1OCc1ccc(Cl)cc1Cl. The van der Waals surface area contributed by atoms with Gasteiger partial charge in [0.1, 0.15) is 12.4 Å². The maximum absolute atomic E-state index is 12.8. The summed E-state index contributed by atoms with van der Waals surface area (Å²) in [6.45, 7) is 2.54. The van der Waals surface area contributed by atoms with Crippen LogP contribution in [0, 0.1) is 0 Å². The fraction of sp³-hybridized carbons (Fsp3) is 0.143. The first-order valence-electron chi connectivity index (χ1n) is 11.3. The Bertz CT molecular complexity index is 1480. The zero-order chi connectivity index (χ0) is 26.4. The average Bonchev–Trinajstić information content (AvgIpc) is 2.88. The highest BCUT2D eigenvalue weighted by Crippen LogP contribution is 2.37. The summed E-state index contributed by atoms with van der Waals surface area (Å²) in [4.78, 5) is 12.8. The van der Waals surface area contributed by atoms with E-state index in [0.717, 1.165) is 16.3 Å². The van der Waals surface area contributed by atoms with Crippen molar-refractivity contribution in [1.82, 2.24) is 5.43 Å². The number of nitrogens with zero attached hydrogens (tertiary/aromatic N) is 1. The molecule has 0 aromatic heterocycles. The normalized spacial score (nSPS) is 11.1. The molecule has 1 amide bonds. The van der Waals surface area contributed by atoms with Crippen molar-refractivity contribution >= 4 is 62.0 Å². The predicted molar refractivity (Wildman–Crippen MR) is 152 cm³/mol. The number of carbonyl (C=O) groups excluding carboxylic acids is 1. The van der Waals surface area contributed by atoms with Crippen LogP contribution in [0.25, 0.3) is 10.8 Å². The number of ether oxygens (including phenoxy) is 3. The lowest BCUT2D eigenvalue weighted by molar-refractivity contribution is 0.0952. The van der Waals surface area contributed by atoms with E-state index in [-0.39, 0.29) is 12.5 Å². The molecule has 6 nitrogen and oxygen atoms in total. The molecule has 0 heterocycles. The summed E-state index contributed by atoms with van der Waals surface area (Å²) < 4.78 is 17.9. The fourth-order valence-electron chi connectivity index (χ4n) is 3.65. The van der Waals surface area contributed by atoms with Gasteiger partial charge < -0.3 is 14.2 Å². The van der Waals surface area contributed by atoms with Crippen LogP contribution in [0.5, 0.6) is 17.2 Å². The second kappa shape index (κ2) is 12.3. The molecule has 4 rings (SSSR count). The molecule has 0 spiro atoms. The van der Waals surface area contributed by atoms with Gasteiger partial charge in [0, 0.05) is 15.6 Å². The van der Waals surface area contributed by atoms with Crippen molar-refractivity contribution < 1.29 is 19.0 Å². The molecule has 0 unspecified atom stereocenters. The van der Waals surface area contributed by atoms with E-state index in [1.54, 1.807) is 24.3 Å². The van der Waals surface area contributed by atoms with Gasteiger partial charge in [-0.1, -0.05) is 53.5 Å². The maximum atomic E-state index is 12.8. The van der Waals surface area contributed by atoms with Crippen LogP contribution in [-0.4, -0.2) is 25.8 Å². The Morgan fingerprint density at radius 1 is 1.00 bits per heavy atom. The topological polar surface area (TPSA) is 69.2 Å². The maximum Gasteiger partial charge on any atom is 0.275 e. The van der Waals surface area contributed by atoms with Gasteiger partial charge in [0.25, 0.3) is 5.91 Å². The van der Waals surface area contributed by atoms with Gasteiger partial charge in [0.15, 0.2) is 11.5 Å². The number of carbonyl (C=O) groups is 1. The molecule has 1 N–H and O–H groups in total. The van der Waals surface area contributed by atoms with E-state index in [0.29, 0.717) is 49.5 Å². The zero-order valence-electron chi connectivity index (χ0n) is 20.1. The van der Waals surface area contributed by atoms with Crippen molar-refractivity contribution in [2.24, 2.45) is 5.10 Å². The summed E-state index contributed by atoms with van der Waals surface area (Å²) >= 11 is 15.8. The monoisotopic (exact) mass is 600 g/mol. The number of hydrogen-bond acceptors (Lipinski definition) is 5. The number of methoxy groups -OCH3 is 1. The molecule has 0 bridgehead atoms. The van der Waals surface area contributed by atoms with Gasteiger partial charge >= 0.3 is 0 Å². The molecular weight excluding hydrogens is 579 g/mol. The Morgan fingerprint density at radius 2 is 1.76 bits per heavy atom. The van der Waals surface area contributed by atoms with Crippen molar-refractivity contribution in [2.75, 3.05) is 13.7 Å². The standard InChI is InChI=1S/C28H23BrCl2N2O4/c1-3-36-26-11-17(10-23(29)27(26)37-16-20-8-9-21(30)14-24(20)31)15-32-33-28(34)22-12-18-6-4-5-7-19(18)13-25(22)35-2/h4-15H,3,16H2,1-2H3,(H,33,34)/b32-15-. The molecular formula is C28H23BrCl2N2O4. The summed E-state index contributed by atoms with van der Waals surface area (Å²) in [5.41, 5.74) is 4.44. The molecule has 0 fully saturated rings. The van der Waals surface area contributed by atoms with Crippen molar-refractivity contribution in [3.8, 4) is 17.2 Å². The highest BCUT2D eigenvalue weighted by Gasteiger charge is 2.15. The van der Waals surface area contributed by atoms with Crippen LogP contribution >= 0.6 is 39.1 Å². The lowest BCUT2D eigenvalue weighted by Crippen LogP contribution is -2.18. The molecule has 0 aliphatic carbocycles. The van der Waals surface area contributed by atoms with Gasteiger partial charge in [-0.25, -0.2) is 5.43 Å². The number of nitrogens with one attached hydrogen (secondary N) is 1. The first-order valence-corrected chi connectivity index (χ1v) is 12.9. The van der Waals surface area contributed by atoms with Crippen LogP contribution in [0.4, 0.5) is 0 Å². The minimum absolute atomic E-state index is 0.228. The van der Waals surface area contributed by atoms with Gasteiger partial charge in [0.2, 0.25) is 0 Å². The first-order chi connectivity index (χ1) is 17.9. The van der Waals surface area contributed by atoms with E-state index >= 15 is 0 Å². The Hall–Kier alpha value is -3.26. The number of hydrogen-bond donors (Lipinski definition) is 1. The summed E-state index contributed by atoms with van der Waals surface area (Å²) in [7, 11) is 1.53. The number of rotatable bonds is 9. The summed E-state index contributed by atoms with van der Waals surface area (Å²) in [6, 6.07) is 20.2. The lowest BCUT2D eigenvalue weighted by atomic mass is 10.1. The number of halogens is 3. The van der Waals surface area contributed by atoms with E-state index in [2.05, 4.69) is 26.5 Å². The van der Waals surface area contributed by atoms with Crippen LogP contribution in [0.2, 0.25) is 10.0 Å². The highest BCUT2D eigenvalue weighted by molar-refractivity contribution is 9.10. The minimum Gasteiger partial charge on any atom is -0.496 e. The number of amides is 1. The van der Waals surface area contributed by atoms with E-state index in [1.165, 1.54) is 13.3 Å². The molecule has 190 valence electrons. The molecule has 0 saturated carbocycles. The van der Waals surface area contributed by atoms with Crippen LogP contribution < -0.4 is 19.6 Å². The molecule has 4 aromatic carbocycles. The summed E-state index contributed by atoms with van der Waals surface area (Å²) in [6.07, 6.45) is 1.53. The van der Waals surface area contributed by atoms with Crippen LogP contribution in [0.3, 0.4) is 0 Å². The van der Waals surface area contributed by atoms with Crippen molar-refractivity contribution in [1.29, 1.82) is 0 Å². The second-order valence-electron chi connectivity index (χ2n) is 7.89. The molecule has 0 saturated heterocycles. The molecule has 0 aliphatic heterocycles. The van der Waals surface area contributed by atoms with E-state index in [1.807, 2.05) is 49.4 Å². The van der Waals surface area contributed by atoms with E-state index in [9.17, 15) is 4.79 Å². The fourth-order valence-corrected chi connectivity index (χ4v) is 4.68. The minimum atomic E-state index is -0.386. The lowest BCUT2D eigenvalue weighted by Gasteiger charge is -2.15. The summed E-state index contributed by atoms with van der Waals surface area (Å²) in [5, 5.41) is 7.11. The zero-order valence-corrected chi connectivity index (χ0v) is 23.2. The quantitative estimate of drug-likeness (QED) is 0.158. The van der Waals surface area contributed by atoms with E-state index in [4.69, 9.17) is 37.4 Å².